The average molecular weight is 421 g/mol. The van der Waals surface area contributed by atoms with Gasteiger partial charge in [-0.1, -0.05) is 41.9 Å². The number of carbonyl (C=O) groups is 1. The molecule has 0 radical (unpaired) electrons. The lowest BCUT2D eigenvalue weighted by molar-refractivity contribution is -0.118. The van der Waals surface area contributed by atoms with E-state index in [1.807, 2.05) is 36.4 Å². The van der Waals surface area contributed by atoms with Gasteiger partial charge in [0.15, 0.2) is 0 Å². The van der Waals surface area contributed by atoms with Crippen LogP contribution in [-0.4, -0.2) is 27.5 Å². The predicted octanol–water partition coefficient (Wildman–Crippen LogP) is 2.98. The first kappa shape index (κ1) is 18.4. The number of fused-ring (bicyclic) bond motifs is 2. The van der Waals surface area contributed by atoms with Crippen molar-refractivity contribution in [3.63, 3.8) is 0 Å². The highest BCUT2D eigenvalue weighted by molar-refractivity contribution is 6.30. The molecule has 7 nitrogen and oxygen atoms in total. The lowest BCUT2D eigenvalue weighted by atomic mass is 9.89. The fourth-order valence-electron chi connectivity index (χ4n) is 4.22. The van der Waals surface area contributed by atoms with Crippen LogP contribution in [0.1, 0.15) is 17.0 Å². The van der Waals surface area contributed by atoms with E-state index in [1.54, 1.807) is 31.1 Å². The Morgan fingerprint density at radius 3 is 2.37 bits per heavy atom. The summed E-state index contributed by atoms with van der Waals surface area (Å²) in [5.41, 5.74) is 2.83. The SMILES string of the molecule is CN1C(=O)[C@H](c2c(-c3ccc(Cl)cc3)[nH]c3c2c(=O)[nH]c(=O)n3C)c2ccccc21. The number of amides is 1. The van der Waals surface area contributed by atoms with Gasteiger partial charge in [0.05, 0.1) is 17.0 Å². The summed E-state index contributed by atoms with van der Waals surface area (Å²) in [6.45, 7) is 0. The Morgan fingerprint density at radius 1 is 0.933 bits per heavy atom. The molecule has 1 aliphatic heterocycles. The lowest BCUT2D eigenvalue weighted by Gasteiger charge is -2.13. The summed E-state index contributed by atoms with van der Waals surface area (Å²) in [6.07, 6.45) is 0. The van der Waals surface area contributed by atoms with E-state index in [4.69, 9.17) is 11.6 Å². The van der Waals surface area contributed by atoms with E-state index in [1.165, 1.54) is 4.57 Å². The van der Waals surface area contributed by atoms with E-state index in [9.17, 15) is 14.4 Å². The van der Waals surface area contributed by atoms with Crippen LogP contribution in [0.5, 0.6) is 0 Å². The third kappa shape index (κ3) is 2.48. The predicted molar refractivity (Wildman–Crippen MR) is 116 cm³/mol. The molecule has 0 bridgehead atoms. The first-order valence-electron chi connectivity index (χ1n) is 9.35. The van der Waals surface area contributed by atoms with Crippen LogP contribution in [-0.2, 0) is 11.8 Å². The standard InChI is InChI=1S/C22H17ClN4O3/c1-26-14-6-4-3-5-13(14)15(21(26)29)16-17-19(27(2)22(30)25-20(17)28)24-18(16)11-7-9-12(23)10-8-11/h3-10,15,24H,1-2H3,(H,25,28,30)/t15-/m0/s1. The van der Waals surface area contributed by atoms with Gasteiger partial charge in [0, 0.05) is 30.4 Å². The Bertz CT molecular complexity index is 1450. The number of likely N-dealkylation sites (N-methyl/N-ethyl adjacent to an activating group) is 1. The van der Waals surface area contributed by atoms with E-state index in [0.29, 0.717) is 27.3 Å². The molecule has 0 unspecified atom stereocenters. The van der Waals surface area contributed by atoms with Crippen molar-refractivity contribution in [1.82, 2.24) is 14.5 Å². The molecule has 0 spiro atoms. The maximum atomic E-state index is 13.3. The molecule has 0 fully saturated rings. The number of halogens is 1. The van der Waals surface area contributed by atoms with Crippen molar-refractivity contribution in [2.24, 2.45) is 7.05 Å². The number of anilines is 1. The van der Waals surface area contributed by atoms with Crippen LogP contribution < -0.4 is 16.1 Å². The topological polar surface area (TPSA) is 91.0 Å². The van der Waals surface area contributed by atoms with Gasteiger partial charge in [0.1, 0.15) is 5.65 Å². The van der Waals surface area contributed by atoms with Gasteiger partial charge in [0.25, 0.3) is 5.56 Å². The fourth-order valence-corrected chi connectivity index (χ4v) is 4.35. The summed E-state index contributed by atoms with van der Waals surface area (Å²) in [5.74, 6) is -0.815. The molecule has 2 N–H and O–H groups in total. The molecule has 8 heteroatoms. The number of nitrogens with one attached hydrogen (secondary N) is 2. The molecule has 1 aliphatic rings. The molecule has 30 heavy (non-hydrogen) atoms. The average Bonchev–Trinajstić information content (AvgIpc) is 3.24. The van der Waals surface area contributed by atoms with E-state index in [0.717, 1.165) is 16.8 Å². The van der Waals surface area contributed by atoms with Gasteiger partial charge >= 0.3 is 5.69 Å². The van der Waals surface area contributed by atoms with E-state index in [2.05, 4.69) is 9.97 Å². The number of H-pyrrole nitrogens is 2. The van der Waals surface area contributed by atoms with Crippen molar-refractivity contribution in [3.8, 4) is 11.3 Å². The summed E-state index contributed by atoms with van der Waals surface area (Å²) in [7, 11) is 3.29. The van der Waals surface area contributed by atoms with Gasteiger partial charge in [-0.15, -0.1) is 0 Å². The third-order valence-electron chi connectivity index (χ3n) is 5.71. The minimum Gasteiger partial charge on any atom is -0.340 e. The maximum Gasteiger partial charge on any atom is 0.329 e. The van der Waals surface area contributed by atoms with Gasteiger partial charge < -0.3 is 9.88 Å². The molecule has 4 aromatic rings. The molecule has 1 amide bonds. The zero-order valence-electron chi connectivity index (χ0n) is 16.2. The number of aryl methyl sites for hydroxylation is 1. The molecule has 1 atom stereocenters. The van der Waals surface area contributed by atoms with Crippen LogP contribution in [0, 0.1) is 0 Å². The van der Waals surface area contributed by atoms with Crippen LogP contribution in [0.3, 0.4) is 0 Å². The first-order valence-corrected chi connectivity index (χ1v) is 9.73. The summed E-state index contributed by atoms with van der Waals surface area (Å²) in [6, 6.07) is 14.6. The number of rotatable bonds is 2. The van der Waals surface area contributed by atoms with Crippen molar-refractivity contribution in [2.75, 3.05) is 11.9 Å². The Balaban J connectivity index is 1.92. The Kier molecular flexibility index (Phi) is 3.98. The number of benzene rings is 2. The van der Waals surface area contributed by atoms with Gasteiger partial charge in [-0.3, -0.25) is 19.1 Å². The molecule has 3 heterocycles. The second-order valence-corrected chi connectivity index (χ2v) is 7.79. The number of hydrogen-bond donors (Lipinski definition) is 2. The van der Waals surface area contributed by atoms with Gasteiger partial charge in [-0.25, -0.2) is 4.79 Å². The van der Waals surface area contributed by atoms with E-state index >= 15 is 0 Å². The smallest absolute Gasteiger partial charge is 0.329 e. The van der Waals surface area contributed by atoms with Gasteiger partial charge in [0.2, 0.25) is 5.91 Å². The molecular weight excluding hydrogens is 404 g/mol. The summed E-state index contributed by atoms with van der Waals surface area (Å²) >= 11 is 6.05. The number of aromatic amines is 2. The van der Waals surface area contributed by atoms with Crippen molar-refractivity contribution < 1.29 is 4.79 Å². The van der Waals surface area contributed by atoms with Crippen LogP contribution in [0.4, 0.5) is 5.69 Å². The number of aromatic nitrogens is 3. The van der Waals surface area contributed by atoms with Crippen molar-refractivity contribution in [1.29, 1.82) is 0 Å². The van der Waals surface area contributed by atoms with Crippen LogP contribution in [0.25, 0.3) is 22.3 Å². The normalized spacial score (nSPS) is 15.8. The van der Waals surface area contributed by atoms with Crippen LogP contribution in [0.2, 0.25) is 5.02 Å². The first-order chi connectivity index (χ1) is 14.4. The number of hydrogen-bond acceptors (Lipinski definition) is 3. The number of carbonyl (C=O) groups excluding carboxylic acids is 1. The molecule has 0 aliphatic carbocycles. The Hall–Kier alpha value is -3.58. The maximum absolute atomic E-state index is 13.3. The van der Waals surface area contributed by atoms with Crippen molar-refractivity contribution >= 4 is 34.2 Å². The monoisotopic (exact) mass is 420 g/mol. The van der Waals surface area contributed by atoms with Crippen molar-refractivity contribution in [3.05, 3.63) is 85.5 Å². The summed E-state index contributed by atoms with van der Waals surface area (Å²) in [5, 5.41) is 0.870. The second-order valence-electron chi connectivity index (χ2n) is 7.35. The minimum absolute atomic E-state index is 0.138. The number of nitrogens with zero attached hydrogens (tertiary/aromatic N) is 2. The largest absolute Gasteiger partial charge is 0.340 e. The Labute approximate surface area is 175 Å². The zero-order valence-corrected chi connectivity index (χ0v) is 16.9. The van der Waals surface area contributed by atoms with Crippen LogP contribution in [0.15, 0.2) is 58.1 Å². The highest BCUT2D eigenvalue weighted by Crippen LogP contribution is 2.45. The lowest BCUT2D eigenvalue weighted by Crippen LogP contribution is -2.29. The summed E-state index contributed by atoms with van der Waals surface area (Å²) in [4.78, 5) is 45.6. The van der Waals surface area contributed by atoms with E-state index < -0.39 is 17.2 Å². The molecule has 5 rings (SSSR count). The molecule has 0 saturated heterocycles. The van der Waals surface area contributed by atoms with Gasteiger partial charge in [-0.2, -0.15) is 0 Å². The van der Waals surface area contributed by atoms with Gasteiger partial charge in [-0.05, 0) is 29.3 Å². The Morgan fingerprint density at radius 2 is 1.63 bits per heavy atom. The second kappa shape index (κ2) is 6.47. The molecular formula is C22H17ClN4O3. The highest BCUT2D eigenvalue weighted by Gasteiger charge is 2.40. The summed E-state index contributed by atoms with van der Waals surface area (Å²) < 4.78 is 1.34. The zero-order chi connectivity index (χ0) is 21.2. The fraction of sp³-hybridized carbons (Fsp3) is 0.136. The number of para-hydroxylation sites is 1. The van der Waals surface area contributed by atoms with Crippen LogP contribution >= 0.6 is 11.6 Å². The quantitative estimate of drug-likeness (QED) is 0.522. The van der Waals surface area contributed by atoms with E-state index in [-0.39, 0.29) is 5.91 Å². The van der Waals surface area contributed by atoms with Crippen molar-refractivity contribution in [2.45, 2.75) is 5.92 Å². The minimum atomic E-state index is -0.677. The highest BCUT2D eigenvalue weighted by atomic mass is 35.5. The molecule has 150 valence electrons. The molecule has 0 saturated carbocycles. The molecule has 2 aromatic heterocycles. The molecule has 2 aromatic carbocycles. The third-order valence-corrected chi connectivity index (χ3v) is 5.97.